The molecule has 0 bridgehead atoms. The van der Waals surface area contributed by atoms with Crippen LogP contribution < -0.4 is 0 Å². The Morgan fingerprint density at radius 3 is 2.54 bits per heavy atom. The van der Waals surface area contributed by atoms with Crippen LogP contribution in [0.3, 0.4) is 0 Å². The van der Waals surface area contributed by atoms with E-state index >= 15 is 0 Å². The average molecular weight is 355 g/mol. The Morgan fingerprint density at radius 1 is 1.19 bits per heavy atom. The lowest BCUT2D eigenvalue weighted by molar-refractivity contribution is -0.384. The number of ether oxygens (including phenoxy) is 1. The smallest absolute Gasteiger partial charge is 0.359 e. The number of non-ortho nitro benzene ring substituents is 1. The third-order valence-corrected chi connectivity index (χ3v) is 3.39. The molecule has 0 aliphatic carbocycles. The number of esters is 1. The Morgan fingerprint density at radius 2 is 1.92 bits per heavy atom. The lowest BCUT2D eigenvalue weighted by atomic mass is 10.2. The molecule has 0 saturated heterocycles. The predicted molar refractivity (Wildman–Crippen MR) is 87.0 cm³/mol. The maximum atomic E-state index is 12.0. The second kappa shape index (κ2) is 7.05. The van der Waals surface area contributed by atoms with Gasteiger partial charge < -0.3 is 9.15 Å². The van der Waals surface area contributed by atoms with Gasteiger partial charge in [0, 0.05) is 23.9 Å². The summed E-state index contributed by atoms with van der Waals surface area (Å²) >= 11 is 0. The summed E-state index contributed by atoms with van der Waals surface area (Å²) in [5.41, 5.74) is 1.21. The van der Waals surface area contributed by atoms with Gasteiger partial charge in [-0.25, -0.2) is 9.78 Å². The molecule has 10 nitrogen and oxygen atoms in total. The molecule has 3 rings (SSSR count). The number of nitrogens with zero attached hydrogens (tertiary/aromatic N) is 5. The highest BCUT2D eigenvalue weighted by Gasteiger charge is 2.21. The molecule has 0 aliphatic heterocycles. The van der Waals surface area contributed by atoms with Crippen molar-refractivity contribution in [2.45, 2.75) is 20.0 Å². The van der Waals surface area contributed by atoms with Gasteiger partial charge in [0.15, 0.2) is 11.8 Å². The van der Waals surface area contributed by atoms with Gasteiger partial charge in [-0.2, -0.15) is 0 Å². The number of hydrogen-bond donors (Lipinski definition) is 0. The number of nitro groups is 1. The Balaban J connectivity index is 1.71. The van der Waals surface area contributed by atoms with Gasteiger partial charge in [0.25, 0.3) is 11.6 Å². The molecule has 0 amide bonds. The first-order valence-corrected chi connectivity index (χ1v) is 7.52. The van der Waals surface area contributed by atoms with Crippen LogP contribution in [0.5, 0.6) is 0 Å². The van der Waals surface area contributed by atoms with Gasteiger partial charge in [-0.1, -0.05) is 0 Å². The molecule has 10 heteroatoms. The van der Waals surface area contributed by atoms with Gasteiger partial charge >= 0.3 is 5.97 Å². The van der Waals surface area contributed by atoms with Crippen molar-refractivity contribution in [2.75, 3.05) is 0 Å². The van der Waals surface area contributed by atoms with Crippen LogP contribution in [-0.4, -0.2) is 31.1 Å². The molecule has 1 aromatic carbocycles. The van der Waals surface area contributed by atoms with Crippen molar-refractivity contribution in [2.24, 2.45) is 0 Å². The quantitative estimate of drug-likeness (QED) is 0.384. The highest BCUT2D eigenvalue weighted by molar-refractivity contribution is 5.86. The molecular formula is C16H13N5O5. The Hall–Kier alpha value is -3.69. The molecule has 2 heterocycles. The molecule has 26 heavy (non-hydrogen) atoms. The minimum atomic E-state index is -0.801. The van der Waals surface area contributed by atoms with E-state index in [4.69, 9.17) is 9.15 Å². The summed E-state index contributed by atoms with van der Waals surface area (Å²) < 4.78 is 10.7. The summed E-state index contributed by atoms with van der Waals surface area (Å²) in [5.74, 6) is -0.417. The van der Waals surface area contributed by atoms with E-state index in [0.717, 1.165) is 0 Å². The first kappa shape index (κ1) is 17.1. The molecule has 1 atom stereocenters. The van der Waals surface area contributed by atoms with Crippen LogP contribution in [0.1, 0.15) is 35.1 Å². The highest BCUT2D eigenvalue weighted by atomic mass is 16.6. The summed E-state index contributed by atoms with van der Waals surface area (Å²) in [7, 11) is 0. The average Bonchev–Trinajstić information content (AvgIpc) is 3.12. The molecule has 0 spiro atoms. The minimum absolute atomic E-state index is 0.0463. The Kier molecular flexibility index (Phi) is 4.65. The fraction of sp³-hybridized carbons (Fsp3) is 0.188. The van der Waals surface area contributed by atoms with Crippen LogP contribution in [0, 0.1) is 17.0 Å². The lowest BCUT2D eigenvalue weighted by Crippen LogP contribution is -2.11. The van der Waals surface area contributed by atoms with Gasteiger partial charge in [-0.05, 0) is 26.0 Å². The summed E-state index contributed by atoms with van der Waals surface area (Å²) in [6.45, 7) is 3.33. The van der Waals surface area contributed by atoms with Gasteiger partial charge in [0.05, 0.1) is 16.8 Å². The third kappa shape index (κ3) is 3.69. The van der Waals surface area contributed by atoms with Crippen molar-refractivity contribution >= 4 is 11.7 Å². The number of nitro benzene ring substituents is 1. The summed E-state index contributed by atoms with van der Waals surface area (Å²) in [4.78, 5) is 30.1. The molecule has 0 saturated carbocycles. The zero-order chi connectivity index (χ0) is 18.7. The van der Waals surface area contributed by atoms with Crippen LogP contribution in [-0.2, 0) is 4.74 Å². The van der Waals surface area contributed by atoms with Crippen LogP contribution in [0.25, 0.3) is 11.5 Å². The van der Waals surface area contributed by atoms with E-state index in [2.05, 4.69) is 20.2 Å². The number of carbonyl (C=O) groups excluding carboxylic acids is 1. The van der Waals surface area contributed by atoms with Gasteiger partial charge in [0.1, 0.15) is 0 Å². The second-order valence-corrected chi connectivity index (χ2v) is 5.34. The SMILES string of the molecule is Cc1cnc(C(=O)OC(C)c2nnc(-c3ccc([N+](=O)[O-])cc3)o2)cn1. The minimum Gasteiger partial charge on any atom is -0.448 e. The van der Waals surface area contributed by atoms with Crippen molar-refractivity contribution in [1.29, 1.82) is 0 Å². The van der Waals surface area contributed by atoms with E-state index < -0.39 is 17.0 Å². The fourth-order valence-electron chi connectivity index (χ4n) is 2.01. The van der Waals surface area contributed by atoms with E-state index in [-0.39, 0.29) is 23.2 Å². The van der Waals surface area contributed by atoms with Crippen LogP contribution in [0.2, 0.25) is 0 Å². The number of aryl methyl sites for hydroxylation is 1. The van der Waals surface area contributed by atoms with Gasteiger partial charge in [0.2, 0.25) is 5.89 Å². The van der Waals surface area contributed by atoms with Gasteiger partial charge in [-0.3, -0.25) is 15.1 Å². The standard InChI is InChI=1S/C16H13N5O5/c1-9-7-18-13(8-17-9)16(22)25-10(2)14-19-20-15(26-14)11-3-5-12(6-4-11)21(23)24/h3-8,10H,1-2H3. The van der Waals surface area contributed by atoms with Gasteiger partial charge in [-0.15, -0.1) is 10.2 Å². The first-order valence-electron chi connectivity index (χ1n) is 7.52. The third-order valence-electron chi connectivity index (χ3n) is 3.39. The monoisotopic (exact) mass is 355 g/mol. The number of benzene rings is 1. The lowest BCUT2D eigenvalue weighted by Gasteiger charge is -2.08. The second-order valence-electron chi connectivity index (χ2n) is 5.34. The van der Waals surface area contributed by atoms with E-state index in [1.165, 1.54) is 36.7 Å². The fourth-order valence-corrected chi connectivity index (χ4v) is 2.01. The molecular weight excluding hydrogens is 342 g/mol. The molecule has 132 valence electrons. The van der Waals surface area contributed by atoms with Crippen molar-refractivity contribution in [3.8, 4) is 11.5 Å². The van der Waals surface area contributed by atoms with Crippen LogP contribution in [0.15, 0.2) is 41.1 Å². The molecule has 1 unspecified atom stereocenters. The van der Waals surface area contributed by atoms with Crippen molar-refractivity contribution in [1.82, 2.24) is 20.2 Å². The summed E-state index contributed by atoms with van der Waals surface area (Å²) in [6.07, 6.45) is 1.98. The highest BCUT2D eigenvalue weighted by Crippen LogP contribution is 2.24. The molecule has 0 fully saturated rings. The maximum absolute atomic E-state index is 12.0. The van der Waals surface area contributed by atoms with E-state index in [1.54, 1.807) is 13.8 Å². The van der Waals surface area contributed by atoms with Crippen molar-refractivity contribution in [3.05, 3.63) is 64.1 Å². The maximum Gasteiger partial charge on any atom is 0.359 e. The number of hydrogen-bond acceptors (Lipinski definition) is 9. The first-order chi connectivity index (χ1) is 12.4. The van der Waals surface area contributed by atoms with E-state index in [9.17, 15) is 14.9 Å². The van der Waals surface area contributed by atoms with Crippen LogP contribution in [0.4, 0.5) is 5.69 Å². The zero-order valence-electron chi connectivity index (χ0n) is 13.8. The molecule has 0 aliphatic rings. The summed E-state index contributed by atoms with van der Waals surface area (Å²) in [6, 6.07) is 5.65. The van der Waals surface area contributed by atoms with Crippen molar-refractivity contribution in [3.63, 3.8) is 0 Å². The molecule has 0 radical (unpaired) electrons. The van der Waals surface area contributed by atoms with Crippen LogP contribution >= 0.6 is 0 Å². The summed E-state index contributed by atoms with van der Waals surface area (Å²) in [5, 5.41) is 18.4. The normalized spacial score (nSPS) is 11.8. The zero-order valence-corrected chi connectivity index (χ0v) is 13.8. The predicted octanol–water partition coefficient (Wildman–Crippen LogP) is 2.66. The number of rotatable bonds is 5. The largest absolute Gasteiger partial charge is 0.448 e. The number of carbonyl (C=O) groups is 1. The molecule has 2 aromatic heterocycles. The van der Waals surface area contributed by atoms with E-state index in [1.807, 2.05) is 0 Å². The molecule has 0 N–H and O–H groups in total. The van der Waals surface area contributed by atoms with E-state index in [0.29, 0.717) is 11.3 Å². The van der Waals surface area contributed by atoms with Crippen molar-refractivity contribution < 1.29 is 18.9 Å². The topological polar surface area (TPSA) is 134 Å². The number of aromatic nitrogens is 4. The Labute approximate surface area is 147 Å². The molecule has 3 aromatic rings. The Bertz CT molecular complexity index is 936.